The molecule has 0 aromatic carbocycles. The summed E-state index contributed by atoms with van der Waals surface area (Å²) in [5, 5.41) is 2.93. The molecule has 0 unspecified atom stereocenters. The van der Waals surface area contributed by atoms with E-state index >= 15 is 0 Å². The highest BCUT2D eigenvalue weighted by atomic mass is 35.5. The molecule has 0 saturated heterocycles. The predicted molar refractivity (Wildman–Crippen MR) is 64.1 cm³/mol. The molecule has 0 heterocycles. The van der Waals surface area contributed by atoms with Crippen LogP contribution in [0, 0.1) is 5.92 Å². The van der Waals surface area contributed by atoms with E-state index in [0.717, 1.165) is 12.8 Å². The van der Waals surface area contributed by atoms with Crippen LogP contribution in [0.25, 0.3) is 0 Å². The van der Waals surface area contributed by atoms with Crippen molar-refractivity contribution < 1.29 is 4.79 Å². The topological polar surface area (TPSA) is 29.1 Å². The number of alkyl halides is 1. The lowest BCUT2D eigenvalue weighted by molar-refractivity contribution is -0.125. The lowest BCUT2D eigenvalue weighted by atomic mass is 9.99. The molecule has 15 heavy (non-hydrogen) atoms. The Morgan fingerprint density at radius 1 is 1.20 bits per heavy atom. The molecule has 0 radical (unpaired) electrons. The zero-order valence-electron chi connectivity index (χ0n) is 9.18. The Labute approximate surface area is 97.1 Å². The molecule has 1 saturated carbocycles. The molecule has 1 amide bonds. The van der Waals surface area contributed by atoms with Crippen LogP contribution in [0.5, 0.6) is 0 Å². The number of carbonyl (C=O) groups is 1. The lowest BCUT2D eigenvalue weighted by Gasteiger charge is -2.12. The van der Waals surface area contributed by atoms with Gasteiger partial charge in [0.05, 0.1) is 0 Å². The molecule has 0 atom stereocenters. The third-order valence-corrected chi connectivity index (χ3v) is 3.05. The minimum absolute atomic E-state index is 0.219. The van der Waals surface area contributed by atoms with E-state index in [1.165, 1.54) is 25.7 Å². The highest BCUT2D eigenvalue weighted by molar-refractivity contribution is 6.18. The second-order valence-electron chi connectivity index (χ2n) is 4.06. The first kappa shape index (κ1) is 12.6. The van der Waals surface area contributed by atoms with E-state index in [1.807, 2.05) is 12.2 Å². The Morgan fingerprint density at radius 2 is 1.87 bits per heavy atom. The van der Waals surface area contributed by atoms with E-state index in [-0.39, 0.29) is 11.8 Å². The SMILES string of the molecule is O=C(NC/C=C/CCl)C1CCCCCC1. The van der Waals surface area contributed by atoms with Gasteiger partial charge in [-0.25, -0.2) is 0 Å². The summed E-state index contributed by atoms with van der Waals surface area (Å²) in [5.41, 5.74) is 0. The van der Waals surface area contributed by atoms with Crippen molar-refractivity contribution in [3.8, 4) is 0 Å². The molecule has 0 spiro atoms. The summed E-state index contributed by atoms with van der Waals surface area (Å²) in [6.07, 6.45) is 10.9. The standard InChI is InChI=1S/C12H20ClNO/c13-9-5-6-10-14-12(15)11-7-3-1-2-4-8-11/h5-6,11H,1-4,7-10H2,(H,14,15)/b6-5+. The summed E-state index contributed by atoms with van der Waals surface area (Å²) in [5.74, 6) is 0.979. The average molecular weight is 230 g/mol. The van der Waals surface area contributed by atoms with Crippen LogP contribution in [-0.4, -0.2) is 18.3 Å². The molecule has 0 aromatic rings. The molecule has 3 heteroatoms. The van der Waals surface area contributed by atoms with Gasteiger partial charge in [-0.2, -0.15) is 0 Å². The van der Waals surface area contributed by atoms with Crippen molar-refractivity contribution in [3.05, 3.63) is 12.2 Å². The fourth-order valence-corrected chi connectivity index (χ4v) is 2.12. The van der Waals surface area contributed by atoms with E-state index in [1.54, 1.807) is 0 Å². The number of halogens is 1. The van der Waals surface area contributed by atoms with E-state index in [9.17, 15) is 4.79 Å². The van der Waals surface area contributed by atoms with E-state index < -0.39 is 0 Å². The molecule has 1 rings (SSSR count). The fourth-order valence-electron chi connectivity index (χ4n) is 1.99. The minimum atomic E-state index is 0.219. The average Bonchev–Trinajstić information content (AvgIpc) is 2.52. The van der Waals surface area contributed by atoms with Crippen molar-refractivity contribution in [1.82, 2.24) is 5.32 Å². The molecule has 0 aromatic heterocycles. The number of hydrogen-bond donors (Lipinski definition) is 1. The molecule has 2 nitrogen and oxygen atoms in total. The van der Waals surface area contributed by atoms with Crippen LogP contribution in [0.15, 0.2) is 12.2 Å². The number of rotatable bonds is 4. The van der Waals surface area contributed by atoms with Crippen molar-refractivity contribution >= 4 is 17.5 Å². The second-order valence-corrected chi connectivity index (χ2v) is 4.37. The molecule has 1 aliphatic rings. The van der Waals surface area contributed by atoms with Gasteiger partial charge in [-0.1, -0.05) is 37.8 Å². The molecule has 0 bridgehead atoms. The first-order chi connectivity index (χ1) is 7.34. The lowest BCUT2D eigenvalue weighted by Crippen LogP contribution is -2.30. The molecule has 86 valence electrons. The third-order valence-electron chi connectivity index (χ3n) is 2.88. The van der Waals surface area contributed by atoms with Crippen LogP contribution in [0.1, 0.15) is 38.5 Å². The first-order valence-corrected chi connectivity index (χ1v) is 6.36. The molecular weight excluding hydrogens is 210 g/mol. The summed E-state index contributed by atoms with van der Waals surface area (Å²) in [7, 11) is 0. The van der Waals surface area contributed by atoms with Crippen LogP contribution in [0.3, 0.4) is 0 Å². The minimum Gasteiger partial charge on any atom is -0.352 e. The van der Waals surface area contributed by atoms with Crippen LogP contribution in [-0.2, 0) is 4.79 Å². The maximum Gasteiger partial charge on any atom is 0.223 e. The van der Waals surface area contributed by atoms with E-state index in [4.69, 9.17) is 11.6 Å². The summed E-state index contributed by atoms with van der Waals surface area (Å²) >= 11 is 5.49. The highest BCUT2D eigenvalue weighted by Crippen LogP contribution is 2.22. The second kappa shape index (κ2) is 7.75. The molecular formula is C12H20ClNO. The van der Waals surface area contributed by atoms with E-state index in [2.05, 4.69) is 5.32 Å². The van der Waals surface area contributed by atoms with Gasteiger partial charge in [0.15, 0.2) is 0 Å². The van der Waals surface area contributed by atoms with Gasteiger partial charge in [-0.05, 0) is 12.8 Å². The Bertz CT molecular complexity index is 208. The van der Waals surface area contributed by atoms with Gasteiger partial charge in [0.2, 0.25) is 5.91 Å². The number of hydrogen-bond acceptors (Lipinski definition) is 1. The summed E-state index contributed by atoms with van der Waals surface area (Å²) < 4.78 is 0. The van der Waals surface area contributed by atoms with Crippen molar-refractivity contribution in [1.29, 1.82) is 0 Å². The number of amides is 1. The maximum absolute atomic E-state index is 11.7. The molecule has 1 fully saturated rings. The largest absolute Gasteiger partial charge is 0.352 e. The molecule has 1 aliphatic carbocycles. The zero-order valence-corrected chi connectivity index (χ0v) is 9.93. The van der Waals surface area contributed by atoms with Crippen molar-refractivity contribution in [3.63, 3.8) is 0 Å². The van der Waals surface area contributed by atoms with Gasteiger partial charge in [-0.3, -0.25) is 4.79 Å². The zero-order chi connectivity index (χ0) is 10.9. The highest BCUT2D eigenvalue weighted by Gasteiger charge is 2.18. The predicted octanol–water partition coefficient (Wildman–Crippen LogP) is 2.87. The Hall–Kier alpha value is -0.500. The van der Waals surface area contributed by atoms with Gasteiger partial charge in [-0.15, -0.1) is 11.6 Å². The normalized spacial score (nSPS) is 19.0. The Balaban J connectivity index is 2.22. The first-order valence-electron chi connectivity index (χ1n) is 5.83. The van der Waals surface area contributed by atoms with Crippen LogP contribution < -0.4 is 5.32 Å². The maximum atomic E-state index is 11.7. The van der Waals surface area contributed by atoms with Gasteiger partial charge in [0.25, 0.3) is 0 Å². The van der Waals surface area contributed by atoms with Crippen LogP contribution in [0.2, 0.25) is 0 Å². The Kier molecular flexibility index (Phi) is 6.49. The van der Waals surface area contributed by atoms with Crippen molar-refractivity contribution in [2.75, 3.05) is 12.4 Å². The van der Waals surface area contributed by atoms with Crippen LogP contribution >= 0.6 is 11.6 Å². The third kappa shape index (κ3) is 5.22. The van der Waals surface area contributed by atoms with Gasteiger partial charge >= 0.3 is 0 Å². The number of carbonyl (C=O) groups excluding carboxylic acids is 1. The van der Waals surface area contributed by atoms with E-state index in [0.29, 0.717) is 12.4 Å². The summed E-state index contributed by atoms with van der Waals surface area (Å²) in [6.45, 7) is 0.613. The molecule has 0 aliphatic heterocycles. The monoisotopic (exact) mass is 229 g/mol. The molecule has 1 N–H and O–H groups in total. The number of allylic oxidation sites excluding steroid dienone is 1. The van der Waals surface area contributed by atoms with Gasteiger partial charge < -0.3 is 5.32 Å². The van der Waals surface area contributed by atoms with Crippen molar-refractivity contribution in [2.24, 2.45) is 5.92 Å². The van der Waals surface area contributed by atoms with Gasteiger partial charge in [0.1, 0.15) is 0 Å². The summed E-state index contributed by atoms with van der Waals surface area (Å²) in [4.78, 5) is 11.7. The van der Waals surface area contributed by atoms with Crippen LogP contribution in [0.4, 0.5) is 0 Å². The summed E-state index contributed by atoms with van der Waals surface area (Å²) in [6, 6.07) is 0. The fraction of sp³-hybridized carbons (Fsp3) is 0.750. The quantitative estimate of drug-likeness (QED) is 0.448. The smallest absolute Gasteiger partial charge is 0.223 e. The Morgan fingerprint density at radius 3 is 2.47 bits per heavy atom. The van der Waals surface area contributed by atoms with Gasteiger partial charge in [0, 0.05) is 18.3 Å². The van der Waals surface area contributed by atoms with Crippen molar-refractivity contribution in [2.45, 2.75) is 38.5 Å². The number of nitrogens with one attached hydrogen (secondary N) is 1.